The van der Waals surface area contributed by atoms with Crippen LogP contribution in [0, 0.1) is 0 Å². The third kappa shape index (κ3) is 3.45. The molecule has 0 radical (unpaired) electrons. The summed E-state index contributed by atoms with van der Waals surface area (Å²) in [4.78, 5) is 29.1. The molecule has 3 aromatic rings. The minimum Gasteiger partial charge on any atom is -0.508 e. The van der Waals surface area contributed by atoms with Gasteiger partial charge in [0, 0.05) is 24.5 Å². The second-order valence-electron chi connectivity index (χ2n) is 7.08. The van der Waals surface area contributed by atoms with Gasteiger partial charge in [0.15, 0.2) is 5.76 Å². The molecule has 1 unspecified atom stereocenters. The monoisotopic (exact) mass is 378 g/mol. The fourth-order valence-corrected chi connectivity index (χ4v) is 3.64. The minimum atomic E-state index is -0.257. The number of furan rings is 1. The minimum absolute atomic E-state index is 0.0322. The molecule has 1 aliphatic rings. The van der Waals surface area contributed by atoms with Gasteiger partial charge in [-0.05, 0) is 36.2 Å². The van der Waals surface area contributed by atoms with E-state index in [1.165, 1.54) is 0 Å². The van der Waals surface area contributed by atoms with Crippen LogP contribution in [-0.4, -0.2) is 45.9 Å². The van der Waals surface area contributed by atoms with Crippen molar-refractivity contribution in [3.8, 4) is 5.75 Å². The van der Waals surface area contributed by atoms with Crippen LogP contribution in [0.3, 0.4) is 0 Å². The zero-order valence-electron chi connectivity index (χ0n) is 15.7. The Morgan fingerprint density at radius 1 is 1.18 bits per heavy atom. The van der Waals surface area contributed by atoms with Crippen LogP contribution in [0.25, 0.3) is 11.0 Å². The van der Waals surface area contributed by atoms with E-state index < -0.39 is 0 Å². The molecule has 0 bridgehead atoms. The summed E-state index contributed by atoms with van der Waals surface area (Å²) in [6.45, 7) is 2.97. The Balaban J connectivity index is 1.51. The number of rotatable bonds is 4. The van der Waals surface area contributed by atoms with E-state index in [1.54, 1.807) is 35.2 Å². The fourth-order valence-electron chi connectivity index (χ4n) is 3.64. The summed E-state index contributed by atoms with van der Waals surface area (Å²) in [6.07, 6.45) is 0.744. The lowest BCUT2D eigenvalue weighted by molar-refractivity contribution is -0.139. The van der Waals surface area contributed by atoms with Gasteiger partial charge in [-0.3, -0.25) is 9.59 Å². The van der Waals surface area contributed by atoms with Crippen LogP contribution in [0.4, 0.5) is 0 Å². The quantitative estimate of drug-likeness (QED) is 0.755. The highest BCUT2D eigenvalue weighted by atomic mass is 16.3. The number of para-hydroxylation sites is 1. The number of amides is 2. The maximum atomic E-state index is 12.9. The van der Waals surface area contributed by atoms with Crippen molar-refractivity contribution in [3.63, 3.8) is 0 Å². The molecular weight excluding hydrogens is 356 g/mol. The third-order valence-electron chi connectivity index (χ3n) is 5.20. The summed E-state index contributed by atoms with van der Waals surface area (Å²) in [7, 11) is 0. The Labute approximate surface area is 163 Å². The van der Waals surface area contributed by atoms with Crippen LogP contribution >= 0.6 is 0 Å². The fraction of sp³-hybridized carbons (Fsp3) is 0.273. The molecule has 1 aliphatic heterocycles. The van der Waals surface area contributed by atoms with E-state index in [0.29, 0.717) is 18.7 Å². The lowest BCUT2D eigenvalue weighted by Crippen LogP contribution is -2.57. The van der Waals surface area contributed by atoms with Crippen molar-refractivity contribution in [2.24, 2.45) is 0 Å². The highest BCUT2D eigenvalue weighted by Crippen LogP contribution is 2.23. The van der Waals surface area contributed by atoms with Gasteiger partial charge in [-0.25, -0.2) is 0 Å². The van der Waals surface area contributed by atoms with Crippen LogP contribution in [0.2, 0.25) is 0 Å². The highest BCUT2D eigenvalue weighted by Gasteiger charge is 2.35. The van der Waals surface area contributed by atoms with Crippen LogP contribution in [0.1, 0.15) is 29.5 Å². The van der Waals surface area contributed by atoms with Crippen LogP contribution < -0.4 is 0 Å². The van der Waals surface area contributed by atoms with Gasteiger partial charge < -0.3 is 19.3 Å². The van der Waals surface area contributed by atoms with Crippen LogP contribution in [0.15, 0.2) is 59.0 Å². The Morgan fingerprint density at radius 3 is 2.64 bits per heavy atom. The van der Waals surface area contributed by atoms with Crippen molar-refractivity contribution in [2.75, 3.05) is 13.1 Å². The molecule has 0 aliphatic carbocycles. The number of phenols is 1. The first kappa shape index (κ1) is 18.1. The number of benzene rings is 2. The summed E-state index contributed by atoms with van der Waals surface area (Å²) in [5, 5.41) is 10.3. The van der Waals surface area contributed by atoms with Gasteiger partial charge in [0.25, 0.3) is 5.91 Å². The van der Waals surface area contributed by atoms with E-state index in [4.69, 9.17) is 4.42 Å². The molecule has 2 heterocycles. The number of carbonyl (C=O) groups excluding carboxylic acids is 2. The average molecular weight is 378 g/mol. The largest absolute Gasteiger partial charge is 0.508 e. The number of nitrogens with zero attached hydrogens (tertiary/aromatic N) is 2. The molecule has 2 amide bonds. The van der Waals surface area contributed by atoms with Crippen LogP contribution in [0.5, 0.6) is 5.75 Å². The van der Waals surface area contributed by atoms with Gasteiger partial charge in [-0.15, -0.1) is 0 Å². The third-order valence-corrected chi connectivity index (χ3v) is 5.20. The lowest BCUT2D eigenvalue weighted by Gasteiger charge is -2.40. The molecule has 0 spiro atoms. The van der Waals surface area contributed by atoms with E-state index in [0.717, 1.165) is 17.4 Å². The zero-order chi connectivity index (χ0) is 19.7. The first-order chi connectivity index (χ1) is 13.5. The molecule has 6 nitrogen and oxygen atoms in total. The molecule has 144 valence electrons. The van der Waals surface area contributed by atoms with Gasteiger partial charge in [0.05, 0.1) is 0 Å². The molecule has 28 heavy (non-hydrogen) atoms. The molecule has 1 aromatic heterocycles. The number of hydrogen-bond acceptors (Lipinski definition) is 4. The number of carbonyl (C=O) groups is 2. The van der Waals surface area contributed by atoms with Gasteiger partial charge in [0.1, 0.15) is 17.9 Å². The standard InChI is InChI=1S/C22H22N2O4/c1-2-17-13-23(22(27)20-11-16-5-3-4-6-19(16)28-20)14-21(26)24(17)12-15-7-9-18(25)10-8-15/h3-11,17,25H,2,12-14H2,1H3. The Kier molecular flexibility index (Phi) is 4.77. The molecule has 2 aromatic carbocycles. The zero-order valence-corrected chi connectivity index (χ0v) is 15.7. The van der Waals surface area contributed by atoms with Gasteiger partial charge in [0.2, 0.25) is 5.91 Å². The Morgan fingerprint density at radius 2 is 1.93 bits per heavy atom. The van der Waals surface area contributed by atoms with E-state index in [-0.39, 0.29) is 35.9 Å². The van der Waals surface area contributed by atoms with E-state index in [2.05, 4.69) is 0 Å². The first-order valence-corrected chi connectivity index (χ1v) is 9.40. The predicted molar refractivity (Wildman–Crippen MR) is 105 cm³/mol. The lowest BCUT2D eigenvalue weighted by atomic mass is 10.1. The number of phenolic OH excluding ortho intramolecular Hbond substituents is 1. The summed E-state index contributed by atoms with van der Waals surface area (Å²) in [5.74, 6) is 0.113. The molecular formula is C22H22N2O4. The number of fused-ring (bicyclic) bond motifs is 1. The maximum absolute atomic E-state index is 12.9. The molecule has 4 rings (SSSR count). The van der Waals surface area contributed by atoms with Crippen molar-refractivity contribution >= 4 is 22.8 Å². The molecule has 6 heteroatoms. The van der Waals surface area contributed by atoms with E-state index in [9.17, 15) is 14.7 Å². The second kappa shape index (κ2) is 7.38. The summed E-state index contributed by atoms with van der Waals surface area (Å²) >= 11 is 0. The highest BCUT2D eigenvalue weighted by molar-refractivity contribution is 5.98. The molecule has 1 fully saturated rings. The smallest absolute Gasteiger partial charge is 0.290 e. The van der Waals surface area contributed by atoms with Crippen molar-refractivity contribution in [1.82, 2.24) is 9.80 Å². The SMILES string of the molecule is CCC1CN(C(=O)c2cc3ccccc3o2)CC(=O)N1Cc1ccc(O)cc1. The Bertz CT molecular complexity index is 976. The number of piperazine rings is 1. The molecule has 1 atom stereocenters. The topological polar surface area (TPSA) is 74.0 Å². The molecule has 1 saturated heterocycles. The normalized spacial score (nSPS) is 17.3. The van der Waals surface area contributed by atoms with Crippen LogP contribution in [-0.2, 0) is 11.3 Å². The predicted octanol–water partition coefficient (Wildman–Crippen LogP) is 3.40. The van der Waals surface area contributed by atoms with Gasteiger partial charge in [-0.2, -0.15) is 0 Å². The number of hydrogen-bond donors (Lipinski definition) is 1. The summed E-state index contributed by atoms with van der Waals surface area (Å²) in [6, 6.07) is 16.0. The average Bonchev–Trinajstić information content (AvgIpc) is 3.14. The first-order valence-electron chi connectivity index (χ1n) is 9.40. The second-order valence-corrected chi connectivity index (χ2v) is 7.08. The maximum Gasteiger partial charge on any atom is 0.290 e. The molecule has 0 saturated carbocycles. The van der Waals surface area contributed by atoms with Crippen molar-refractivity contribution in [2.45, 2.75) is 25.9 Å². The Hall–Kier alpha value is -3.28. The summed E-state index contributed by atoms with van der Waals surface area (Å²) < 4.78 is 5.68. The molecule has 1 N–H and O–H groups in total. The van der Waals surface area contributed by atoms with Crippen molar-refractivity contribution < 1.29 is 19.1 Å². The van der Waals surface area contributed by atoms with Gasteiger partial charge in [-0.1, -0.05) is 37.3 Å². The summed E-state index contributed by atoms with van der Waals surface area (Å²) in [5.41, 5.74) is 1.61. The van der Waals surface area contributed by atoms with Crippen molar-refractivity contribution in [3.05, 3.63) is 65.9 Å². The number of aromatic hydroxyl groups is 1. The van der Waals surface area contributed by atoms with Crippen molar-refractivity contribution in [1.29, 1.82) is 0 Å². The van der Waals surface area contributed by atoms with E-state index in [1.807, 2.05) is 36.1 Å². The van der Waals surface area contributed by atoms with E-state index >= 15 is 0 Å². The van der Waals surface area contributed by atoms with Gasteiger partial charge >= 0.3 is 0 Å².